The lowest BCUT2D eigenvalue weighted by Gasteiger charge is -2.41. The SMILES string of the molecule is CCNC(=O)[C@@]1(Cc2cc(-c3ccccc3)no2)CCCN(C(=O)CCc2ccccc2)C1. The number of likely N-dealkylation sites (tertiary alicyclic amines) is 1. The van der Waals surface area contributed by atoms with Gasteiger partial charge in [-0.05, 0) is 31.7 Å². The average Bonchev–Trinajstić information content (AvgIpc) is 3.32. The van der Waals surface area contributed by atoms with E-state index in [1.165, 1.54) is 0 Å². The number of nitrogens with one attached hydrogen (secondary N) is 1. The summed E-state index contributed by atoms with van der Waals surface area (Å²) in [7, 11) is 0. The molecule has 4 rings (SSSR count). The van der Waals surface area contributed by atoms with Crippen molar-refractivity contribution < 1.29 is 14.1 Å². The largest absolute Gasteiger partial charge is 0.361 e. The van der Waals surface area contributed by atoms with Crippen LogP contribution in [-0.4, -0.2) is 41.5 Å². The highest BCUT2D eigenvalue weighted by Gasteiger charge is 2.44. The fourth-order valence-electron chi connectivity index (χ4n) is 4.63. The highest BCUT2D eigenvalue weighted by molar-refractivity contribution is 5.85. The van der Waals surface area contributed by atoms with E-state index in [4.69, 9.17) is 4.52 Å². The smallest absolute Gasteiger partial charge is 0.228 e. The first-order valence-electron chi connectivity index (χ1n) is 11.7. The van der Waals surface area contributed by atoms with Gasteiger partial charge in [-0.1, -0.05) is 65.8 Å². The molecule has 0 bridgehead atoms. The molecule has 6 heteroatoms. The predicted octanol–water partition coefficient (Wildman–Crippen LogP) is 4.26. The van der Waals surface area contributed by atoms with Crippen molar-refractivity contribution in [3.63, 3.8) is 0 Å². The summed E-state index contributed by atoms with van der Waals surface area (Å²) in [6.07, 6.45) is 3.06. The fraction of sp³-hybridized carbons (Fsp3) is 0.370. The van der Waals surface area contributed by atoms with Crippen LogP contribution in [0.5, 0.6) is 0 Å². The number of hydrogen-bond donors (Lipinski definition) is 1. The van der Waals surface area contributed by atoms with Crippen LogP contribution in [0, 0.1) is 5.41 Å². The van der Waals surface area contributed by atoms with Crippen molar-refractivity contribution in [1.29, 1.82) is 0 Å². The van der Waals surface area contributed by atoms with Crippen LogP contribution in [-0.2, 0) is 22.4 Å². The standard InChI is InChI=1S/C27H31N3O3/c1-2-28-26(32)27(19-23-18-24(29-33-23)22-12-7-4-8-13-22)16-9-17-30(20-27)25(31)15-14-21-10-5-3-6-11-21/h3-8,10-13,18H,2,9,14-17,19-20H2,1H3,(H,28,32)/t27-/m1/s1. The van der Waals surface area contributed by atoms with E-state index in [0.29, 0.717) is 51.1 Å². The van der Waals surface area contributed by atoms with E-state index >= 15 is 0 Å². The first-order chi connectivity index (χ1) is 16.1. The van der Waals surface area contributed by atoms with Crippen molar-refractivity contribution in [3.05, 3.63) is 78.1 Å². The van der Waals surface area contributed by atoms with E-state index in [1.807, 2.05) is 78.6 Å². The van der Waals surface area contributed by atoms with E-state index < -0.39 is 5.41 Å². The quantitative estimate of drug-likeness (QED) is 0.562. The van der Waals surface area contributed by atoms with Gasteiger partial charge in [0.15, 0.2) is 0 Å². The maximum Gasteiger partial charge on any atom is 0.228 e. The highest BCUT2D eigenvalue weighted by atomic mass is 16.5. The Morgan fingerprint density at radius 1 is 1.09 bits per heavy atom. The van der Waals surface area contributed by atoms with Gasteiger partial charge in [0.2, 0.25) is 11.8 Å². The van der Waals surface area contributed by atoms with E-state index in [0.717, 1.165) is 23.2 Å². The van der Waals surface area contributed by atoms with E-state index in [2.05, 4.69) is 10.5 Å². The highest BCUT2D eigenvalue weighted by Crippen LogP contribution is 2.35. The Balaban J connectivity index is 1.49. The second kappa shape index (κ2) is 10.5. The molecule has 33 heavy (non-hydrogen) atoms. The maximum atomic E-state index is 13.2. The lowest BCUT2D eigenvalue weighted by molar-refractivity contribution is -0.141. The van der Waals surface area contributed by atoms with Crippen LogP contribution in [0.15, 0.2) is 71.3 Å². The molecule has 1 fully saturated rings. The molecule has 6 nitrogen and oxygen atoms in total. The van der Waals surface area contributed by atoms with Gasteiger partial charge in [0.05, 0.1) is 5.41 Å². The number of carbonyl (C=O) groups is 2. The van der Waals surface area contributed by atoms with Crippen LogP contribution in [0.2, 0.25) is 0 Å². The predicted molar refractivity (Wildman–Crippen MR) is 127 cm³/mol. The molecule has 3 aromatic rings. The molecule has 172 valence electrons. The first-order valence-corrected chi connectivity index (χ1v) is 11.7. The molecule has 0 radical (unpaired) electrons. The molecule has 2 heterocycles. The van der Waals surface area contributed by atoms with E-state index in [-0.39, 0.29) is 11.8 Å². The summed E-state index contributed by atoms with van der Waals surface area (Å²) in [5.41, 5.74) is 2.15. The zero-order valence-corrected chi connectivity index (χ0v) is 19.1. The summed E-state index contributed by atoms with van der Waals surface area (Å²) in [6, 6.07) is 21.8. The van der Waals surface area contributed by atoms with Crippen LogP contribution < -0.4 is 5.32 Å². The number of amides is 2. The molecule has 2 aromatic carbocycles. The Hall–Kier alpha value is -3.41. The third-order valence-electron chi connectivity index (χ3n) is 6.36. The number of aryl methyl sites for hydroxylation is 1. The van der Waals surface area contributed by atoms with Gasteiger partial charge in [0.25, 0.3) is 0 Å². The van der Waals surface area contributed by atoms with Crippen molar-refractivity contribution in [3.8, 4) is 11.3 Å². The van der Waals surface area contributed by atoms with Crippen molar-refractivity contribution in [2.45, 2.75) is 39.0 Å². The summed E-state index contributed by atoms with van der Waals surface area (Å²) in [4.78, 5) is 28.1. The molecule has 0 saturated carbocycles. The summed E-state index contributed by atoms with van der Waals surface area (Å²) >= 11 is 0. The Bertz CT molecular complexity index is 1060. The monoisotopic (exact) mass is 445 g/mol. The zero-order valence-electron chi connectivity index (χ0n) is 19.1. The molecular weight excluding hydrogens is 414 g/mol. The minimum atomic E-state index is -0.718. The Morgan fingerprint density at radius 2 is 1.82 bits per heavy atom. The van der Waals surface area contributed by atoms with Crippen molar-refractivity contribution >= 4 is 11.8 Å². The molecule has 1 atom stereocenters. The molecular formula is C27H31N3O3. The molecule has 2 amide bonds. The van der Waals surface area contributed by atoms with Crippen molar-refractivity contribution in [1.82, 2.24) is 15.4 Å². The van der Waals surface area contributed by atoms with Gasteiger partial charge in [0, 0.05) is 44.1 Å². The lowest BCUT2D eigenvalue weighted by atomic mass is 9.75. The molecule has 1 saturated heterocycles. The van der Waals surface area contributed by atoms with Crippen molar-refractivity contribution in [2.24, 2.45) is 5.41 Å². The van der Waals surface area contributed by atoms with Gasteiger partial charge < -0.3 is 14.7 Å². The number of nitrogens with zero attached hydrogens (tertiary/aromatic N) is 2. The van der Waals surface area contributed by atoms with Gasteiger partial charge in [-0.2, -0.15) is 0 Å². The Labute approximate surface area is 195 Å². The van der Waals surface area contributed by atoms with E-state index in [1.54, 1.807) is 0 Å². The molecule has 1 aliphatic heterocycles. The van der Waals surface area contributed by atoms with E-state index in [9.17, 15) is 9.59 Å². The number of rotatable bonds is 8. The Kier molecular flexibility index (Phi) is 7.23. The summed E-state index contributed by atoms with van der Waals surface area (Å²) in [6.45, 7) is 3.54. The van der Waals surface area contributed by atoms with Crippen molar-refractivity contribution in [2.75, 3.05) is 19.6 Å². The van der Waals surface area contributed by atoms with Gasteiger partial charge >= 0.3 is 0 Å². The van der Waals surface area contributed by atoms with Gasteiger partial charge in [-0.15, -0.1) is 0 Å². The molecule has 1 aliphatic rings. The molecule has 1 aromatic heterocycles. The molecule has 0 aliphatic carbocycles. The third-order valence-corrected chi connectivity index (χ3v) is 6.36. The summed E-state index contributed by atoms with van der Waals surface area (Å²) < 4.78 is 5.64. The van der Waals surface area contributed by atoms with Crippen LogP contribution in [0.4, 0.5) is 0 Å². The van der Waals surface area contributed by atoms with Crippen LogP contribution >= 0.6 is 0 Å². The van der Waals surface area contributed by atoms with Crippen LogP contribution in [0.1, 0.15) is 37.5 Å². The Morgan fingerprint density at radius 3 is 2.55 bits per heavy atom. The number of carbonyl (C=O) groups excluding carboxylic acids is 2. The fourth-order valence-corrected chi connectivity index (χ4v) is 4.63. The first kappa shape index (κ1) is 22.8. The zero-order chi connectivity index (χ0) is 23.1. The minimum Gasteiger partial charge on any atom is -0.361 e. The van der Waals surface area contributed by atoms with Crippen LogP contribution in [0.25, 0.3) is 11.3 Å². The number of benzene rings is 2. The minimum absolute atomic E-state index is 0.0248. The molecule has 0 unspecified atom stereocenters. The third kappa shape index (κ3) is 5.51. The number of aromatic nitrogens is 1. The average molecular weight is 446 g/mol. The topological polar surface area (TPSA) is 75.4 Å². The van der Waals surface area contributed by atoms with Crippen LogP contribution in [0.3, 0.4) is 0 Å². The normalized spacial score (nSPS) is 18.2. The maximum absolute atomic E-state index is 13.2. The lowest BCUT2D eigenvalue weighted by Crippen LogP contribution is -2.54. The van der Waals surface area contributed by atoms with Gasteiger partial charge in [-0.25, -0.2) is 0 Å². The summed E-state index contributed by atoms with van der Waals surface area (Å²) in [5, 5.41) is 7.21. The van der Waals surface area contributed by atoms with Gasteiger partial charge in [-0.3, -0.25) is 9.59 Å². The number of hydrogen-bond acceptors (Lipinski definition) is 4. The second-order valence-electron chi connectivity index (χ2n) is 8.77. The summed E-state index contributed by atoms with van der Waals surface area (Å²) in [5.74, 6) is 0.733. The second-order valence-corrected chi connectivity index (χ2v) is 8.77. The van der Waals surface area contributed by atoms with Gasteiger partial charge in [0.1, 0.15) is 11.5 Å². The molecule has 1 N–H and O–H groups in total. The number of piperidine rings is 1. The molecule has 0 spiro atoms.